The topological polar surface area (TPSA) is 76.0 Å². The molecule has 17 atom stereocenters. The molecule has 6 fully saturated rings. The summed E-state index contributed by atoms with van der Waals surface area (Å²) in [5, 5.41) is 13.9. The fraction of sp³-hybridized carbons (Fsp3) is 0.787. The minimum absolute atomic E-state index is 0. The Balaban J connectivity index is 0.000000265. The van der Waals surface area contributed by atoms with Gasteiger partial charge in [-0.25, -0.2) is 0 Å². The van der Waals surface area contributed by atoms with Crippen LogP contribution >= 0.6 is 7.14 Å². The van der Waals surface area contributed by atoms with Gasteiger partial charge < -0.3 is 14.0 Å². The zero-order valence-electron chi connectivity index (χ0n) is 54.7. The van der Waals surface area contributed by atoms with Crippen LogP contribution in [0.25, 0.3) is 0 Å². The Labute approximate surface area is 507 Å². The van der Waals surface area contributed by atoms with Gasteiger partial charge in [-0.05, 0) is 214 Å². The number of hydrogen-bond acceptors (Lipinski definition) is 5. The molecule has 8 aliphatic rings. The van der Waals surface area contributed by atoms with Crippen LogP contribution in [0.15, 0.2) is 84.0 Å². The van der Waals surface area contributed by atoms with Crippen molar-refractivity contribution < 1.29 is 26.0 Å². The van der Waals surface area contributed by atoms with Gasteiger partial charge in [-0.1, -0.05) is 212 Å². The summed E-state index contributed by atoms with van der Waals surface area (Å²) in [6, 6.07) is 20.3. The Hall–Kier alpha value is -1.95. The van der Waals surface area contributed by atoms with Gasteiger partial charge in [0, 0.05) is 39.3 Å². The summed E-state index contributed by atoms with van der Waals surface area (Å²) in [4.78, 5) is 0. The van der Waals surface area contributed by atoms with Crippen molar-refractivity contribution in [2.24, 2.45) is 98.6 Å². The van der Waals surface area contributed by atoms with E-state index in [0.29, 0.717) is 40.5 Å². The monoisotopic (exact) mass is 1150 g/mol. The normalized spacial score (nSPS) is 35.8. The molecular formula is C75H123BO5P. The maximum atomic E-state index is 14.7. The lowest BCUT2D eigenvalue weighted by Crippen LogP contribution is -2.51. The molecule has 2 aromatic rings. The highest BCUT2D eigenvalue weighted by Gasteiger charge is 2.61. The van der Waals surface area contributed by atoms with E-state index < -0.39 is 7.14 Å². The SMILES string of the molecule is CC(C)CCC[C@@H](C)[C@H]1CC[C@H]2[C@@H]3CC=C4C[C@@H](OCCC(C)C)CC[C@]4(C)[C@H]3CC[C@]12C.CC(C)CCC[C@@H](C)[C@H]1CC[C@H]2[C@@H]3CC=C4C[C@@H](OCCC(C)P(=O)(c5ccccc5)c5ccccc5)CC[C@]4(C)[C@H]3CC[C@]12C.OO.[2HH].[B]. The first-order valence-electron chi connectivity index (χ1n) is 34.2. The molecule has 0 bridgehead atoms. The number of benzene rings is 2. The zero-order chi connectivity index (χ0) is 58.3. The van der Waals surface area contributed by atoms with Gasteiger partial charge in [-0.15, -0.1) is 0 Å². The van der Waals surface area contributed by atoms with Gasteiger partial charge in [0.15, 0.2) is 0 Å². The average Bonchev–Trinajstić information content (AvgIpc) is 4.27. The van der Waals surface area contributed by atoms with Crippen LogP contribution in [0, 0.1) is 98.6 Å². The highest BCUT2D eigenvalue weighted by molar-refractivity contribution is 7.79. The second-order valence-electron chi connectivity index (χ2n) is 31.2. The maximum Gasteiger partial charge on any atom is 0.145 e. The third-order valence-electron chi connectivity index (χ3n) is 25.4. The molecule has 0 heterocycles. The third kappa shape index (κ3) is 14.3. The molecule has 8 aliphatic carbocycles. The second-order valence-corrected chi connectivity index (χ2v) is 34.4. The summed E-state index contributed by atoms with van der Waals surface area (Å²) in [6.07, 6.45) is 38.6. The van der Waals surface area contributed by atoms with E-state index in [2.05, 4.69) is 102 Å². The highest BCUT2D eigenvalue weighted by atomic mass is 31.2. The average molecular weight is 1150 g/mol. The lowest BCUT2D eigenvalue weighted by molar-refractivity contribution is -0.176. The Morgan fingerprint density at radius 2 is 0.890 bits per heavy atom. The molecule has 6 saturated carbocycles. The van der Waals surface area contributed by atoms with Crippen molar-refractivity contribution in [1.82, 2.24) is 0 Å². The van der Waals surface area contributed by atoms with Crippen LogP contribution in [0.3, 0.4) is 0 Å². The molecule has 2 N–H and O–H groups in total. The van der Waals surface area contributed by atoms with Crippen LogP contribution in [-0.4, -0.2) is 50.0 Å². The molecule has 0 spiro atoms. The third-order valence-corrected chi connectivity index (χ3v) is 29.0. The molecular weight excluding hydrogens is 1020 g/mol. The number of hydrogen-bond donors (Lipinski definition) is 2. The quantitative estimate of drug-likeness (QED) is 0.0428. The van der Waals surface area contributed by atoms with Crippen molar-refractivity contribution in [2.45, 2.75) is 262 Å². The van der Waals surface area contributed by atoms with Gasteiger partial charge in [0.2, 0.25) is 0 Å². The summed E-state index contributed by atoms with van der Waals surface area (Å²) in [6.45, 7) is 33.9. The standard InChI is InChI=1S/C43H63O2P.C32H56O.B.H2O2.H2/c1-31(2)14-13-15-32(3)39-22-23-40-38-21-20-34-30-35(24-27-42(34,5)41(38)25-28-43(39,40)6)45-29-26-33(4)46(44,36-16-9-7-10-17-36)37-18-11-8-12-19-37;1-22(2)9-8-10-24(5)28-13-14-29-27-12-11-25-21-26(33-20-17-23(3)4)15-18-31(25,6)30(27)16-19-32(28,29)7;;1-2;/h7-12,16-20,31-33,35,38-41H,13-15,21-30H2,1-6H3;11,22-24,26-30H,8-10,12-21H2,1-7H3;;1-2H;1H/t32-,33?,35+,38+,39-,40+,41+,42+,43-;24-,26+,27+,28-,29+,30+,31+,32-;;;/m11.../s1/i;;;;1+1. The molecule has 0 aliphatic heterocycles. The van der Waals surface area contributed by atoms with E-state index in [9.17, 15) is 4.57 Å². The van der Waals surface area contributed by atoms with Gasteiger partial charge in [0.25, 0.3) is 0 Å². The van der Waals surface area contributed by atoms with Gasteiger partial charge in [0.05, 0.1) is 12.2 Å². The van der Waals surface area contributed by atoms with Crippen molar-refractivity contribution in [1.29, 1.82) is 0 Å². The molecule has 1 unspecified atom stereocenters. The molecule has 10 rings (SSSR count). The van der Waals surface area contributed by atoms with E-state index in [1.165, 1.54) is 135 Å². The van der Waals surface area contributed by atoms with Crippen LogP contribution < -0.4 is 10.6 Å². The molecule has 2 aromatic carbocycles. The van der Waals surface area contributed by atoms with Crippen LogP contribution in [0.5, 0.6) is 0 Å². The second kappa shape index (κ2) is 29.4. The van der Waals surface area contributed by atoms with Gasteiger partial charge >= 0.3 is 0 Å². The van der Waals surface area contributed by atoms with Crippen LogP contribution in [0.4, 0.5) is 0 Å². The van der Waals surface area contributed by atoms with Gasteiger partial charge in [-0.3, -0.25) is 10.5 Å². The Morgan fingerprint density at radius 1 is 0.500 bits per heavy atom. The number of allylic oxidation sites excluding steroid dienone is 2. The molecule has 82 heavy (non-hydrogen) atoms. The first-order valence-corrected chi connectivity index (χ1v) is 36.0. The van der Waals surface area contributed by atoms with Crippen LogP contribution in [0.1, 0.15) is 246 Å². The first kappa shape index (κ1) is 67.6. The van der Waals surface area contributed by atoms with Gasteiger partial charge in [0.1, 0.15) is 7.14 Å². The predicted molar refractivity (Wildman–Crippen MR) is 352 cm³/mol. The summed E-state index contributed by atoms with van der Waals surface area (Å²) < 4.78 is 27.7. The van der Waals surface area contributed by atoms with Crippen LogP contribution in [0.2, 0.25) is 0 Å². The molecule has 0 amide bonds. The lowest BCUT2D eigenvalue weighted by Gasteiger charge is -2.58. The van der Waals surface area contributed by atoms with Crippen molar-refractivity contribution in [3.05, 3.63) is 84.0 Å². The minimum atomic E-state index is -2.76. The summed E-state index contributed by atoms with van der Waals surface area (Å²) >= 11 is 0. The van der Waals surface area contributed by atoms with E-state index in [0.717, 1.165) is 113 Å². The highest BCUT2D eigenvalue weighted by Crippen LogP contribution is 2.69. The zero-order valence-corrected chi connectivity index (χ0v) is 55.6. The first-order chi connectivity index (χ1) is 38.7. The van der Waals surface area contributed by atoms with Crippen LogP contribution in [-0.2, 0) is 14.0 Å². The van der Waals surface area contributed by atoms with Crippen molar-refractivity contribution >= 4 is 26.2 Å². The molecule has 5 nitrogen and oxygen atoms in total. The molecule has 7 heteroatoms. The predicted octanol–water partition coefficient (Wildman–Crippen LogP) is 20.5. The molecule has 0 aromatic heterocycles. The Kier molecular flexibility index (Phi) is 24.2. The minimum Gasteiger partial charge on any atom is -0.378 e. The van der Waals surface area contributed by atoms with Crippen molar-refractivity contribution in [3.63, 3.8) is 0 Å². The fourth-order valence-corrected chi connectivity index (χ4v) is 23.6. The smallest absolute Gasteiger partial charge is 0.145 e. The number of rotatable bonds is 21. The maximum absolute atomic E-state index is 14.7. The lowest BCUT2D eigenvalue weighted by atomic mass is 9.47. The molecule has 3 radical (unpaired) electrons. The Morgan fingerprint density at radius 3 is 1.28 bits per heavy atom. The van der Waals surface area contributed by atoms with Crippen molar-refractivity contribution in [2.75, 3.05) is 13.2 Å². The number of ether oxygens (including phenoxy) is 2. The summed E-state index contributed by atoms with van der Waals surface area (Å²) in [5.74, 6) is 11.6. The van der Waals surface area contributed by atoms with E-state index >= 15 is 0 Å². The summed E-state index contributed by atoms with van der Waals surface area (Å²) in [5.41, 5.74) is 5.50. The summed E-state index contributed by atoms with van der Waals surface area (Å²) in [7, 11) is -2.76. The fourth-order valence-electron chi connectivity index (χ4n) is 20.6. The van der Waals surface area contributed by atoms with Gasteiger partial charge in [-0.2, -0.15) is 0 Å². The molecule has 0 saturated heterocycles. The van der Waals surface area contributed by atoms with E-state index in [-0.39, 0.29) is 15.5 Å². The largest absolute Gasteiger partial charge is 0.378 e. The number of fused-ring (bicyclic) bond motifs is 10. The van der Waals surface area contributed by atoms with E-state index in [1.807, 2.05) is 60.7 Å². The van der Waals surface area contributed by atoms with E-state index in [1.54, 1.807) is 11.1 Å². The molecule has 461 valence electrons. The van der Waals surface area contributed by atoms with Crippen molar-refractivity contribution in [3.8, 4) is 0 Å². The Bertz CT molecular complexity index is 2330. The van der Waals surface area contributed by atoms with E-state index in [4.69, 9.17) is 20.0 Å².